The maximum atomic E-state index is 5.90. The van der Waals surface area contributed by atoms with Crippen LogP contribution in [0.25, 0.3) is 0 Å². The van der Waals surface area contributed by atoms with Crippen molar-refractivity contribution in [3.05, 3.63) is 11.4 Å². The Morgan fingerprint density at radius 3 is 2.65 bits per heavy atom. The van der Waals surface area contributed by atoms with Gasteiger partial charge < -0.3 is 19.9 Å². The Labute approximate surface area is 119 Å². The molecule has 1 aromatic heterocycles. The summed E-state index contributed by atoms with van der Waals surface area (Å²) in [6.07, 6.45) is 3.11. The minimum absolute atomic E-state index is 0.470. The van der Waals surface area contributed by atoms with E-state index < -0.39 is 0 Å². The van der Waals surface area contributed by atoms with E-state index in [1.54, 1.807) is 7.11 Å². The van der Waals surface area contributed by atoms with Crippen molar-refractivity contribution < 1.29 is 14.2 Å². The molecular formula is C14H23N3O3. The molecule has 1 aromatic rings. The molecule has 1 saturated carbocycles. The van der Waals surface area contributed by atoms with Gasteiger partial charge >= 0.3 is 0 Å². The number of hydrogen-bond acceptors (Lipinski definition) is 6. The number of anilines is 1. The zero-order chi connectivity index (χ0) is 14.4. The van der Waals surface area contributed by atoms with Gasteiger partial charge in [0.15, 0.2) is 0 Å². The van der Waals surface area contributed by atoms with Gasteiger partial charge in [0.2, 0.25) is 5.88 Å². The zero-order valence-corrected chi connectivity index (χ0v) is 12.2. The summed E-state index contributed by atoms with van der Waals surface area (Å²) in [5.74, 6) is 2.42. The van der Waals surface area contributed by atoms with Gasteiger partial charge in [0.25, 0.3) is 0 Å². The molecule has 0 atom stereocenters. The zero-order valence-electron chi connectivity index (χ0n) is 12.2. The van der Waals surface area contributed by atoms with Gasteiger partial charge in [-0.1, -0.05) is 0 Å². The molecule has 0 bridgehead atoms. The number of nitrogen functional groups attached to an aromatic ring is 1. The second-order valence-electron chi connectivity index (χ2n) is 4.98. The van der Waals surface area contributed by atoms with Crippen LogP contribution in [-0.2, 0) is 9.47 Å². The van der Waals surface area contributed by atoms with Crippen molar-refractivity contribution in [3.8, 4) is 5.88 Å². The van der Waals surface area contributed by atoms with Gasteiger partial charge in [0.05, 0.1) is 25.4 Å². The van der Waals surface area contributed by atoms with Crippen molar-refractivity contribution in [1.82, 2.24) is 9.97 Å². The summed E-state index contributed by atoms with van der Waals surface area (Å²) < 4.78 is 16.0. The molecule has 20 heavy (non-hydrogen) atoms. The summed E-state index contributed by atoms with van der Waals surface area (Å²) in [6, 6.07) is 0. The molecule has 6 heteroatoms. The van der Waals surface area contributed by atoms with Crippen LogP contribution in [0.15, 0.2) is 0 Å². The molecule has 0 aromatic carbocycles. The maximum Gasteiger partial charge on any atom is 0.221 e. The molecular weight excluding hydrogens is 258 g/mol. The standard InChI is InChI=1S/C14H23N3O3/c1-10-12(15)16-13(11-4-5-11)17-14(10)20-7-3-6-19-9-8-18-2/h11H,3-9H2,1-2H3,(H2,15,16,17). The fourth-order valence-electron chi connectivity index (χ4n) is 1.77. The first-order chi connectivity index (χ1) is 9.72. The van der Waals surface area contributed by atoms with Gasteiger partial charge in [-0.2, -0.15) is 4.98 Å². The minimum atomic E-state index is 0.470. The van der Waals surface area contributed by atoms with Crippen LogP contribution in [0.1, 0.15) is 36.6 Å². The normalized spacial score (nSPS) is 14.5. The van der Waals surface area contributed by atoms with E-state index >= 15 is 0 Å². The number of methoxy groups -OCH3 is 1. The summed E-state index contributed by atoms with van der Waals surface area (Å²) in [5, 5.41) is 0. The smallest absolute Gasteiger partial charge is 0.221 e. The number of rotatable bonds is 9. The van der Waals surface area contributed by atoms with E-state index in [0.29, 0.717) is 44.0 Å². The lowest BCUT2D eigenvalue weighted by atomic mass is 10.3. The quantitative estimate of drug-likeness (QED) is 0.694. The molecule has 1 aliphatic carbocycles. The van der Waals surface area contributed by atoms with Crippen LogP contribution < -0.4 is 10.5 Å². The number of aromatic nitrogens is 2. The fraction of sp³-hybridized carbons (Fsp3) is 0.714. The largest absolute Gasteiger partial charge is 0.477 e. The van der Waals surface area contributed by atoms with Crippen LogP contribution in [0.2, 0.25) is 0 Å². The van der Waals surface area contributed by atoms with E-state index in [0.717, 1.165) is 30.7 Å². The molecule has 6 nitrogen and oxygen atoms in total. The summed E-state index contributed by atoms with van der Waals surface area (Å²) in [6.45, 7) is 4.33. The van der Waals surface area contributed by atoms with Crippen molar-refractivity contribution in [2.24, 2.45) is 0 Å². The Bertz CT molecular complexity index is 436. The summed E-state index contributed by atoms with van der Waals surface area (Å²) in [4.78, 5) is 8.79. The second kappa shape index (κ2) is 7.40. The van der Waals surface area contributed by atoms with Crippen LogP contribution in [-0.4, -0.2) is 43.5 Å². The van der Waals surface area contributed by atoms with E-state index in [1.165, 1.54) is 0 Å². The van der Waals surface area contributed by atoms with Crippen molar-refractivity contribution in [2.45, 2.75) is 32.1 Å². The van der Waals surface area contributed by atoms with E-state index in [2.05, 4.69) is 9.97 Å². The van der Waals surface area contributed by atoms with Gasteiger partial charge in [0.1, 0.15) is 11.6 Å². The van der Waals surface area contributed by atoms with E-state index in [-0.39, 0.29) is 0 Å². The van der Waals surface area contributed by atoms with Crippen molar-refractivity contribution >= 4 is 5.82 Å². The average molecular weight is 281 g/mol. The first-order valence-corrected chi connectivity index (χ1v) is 7.06. The lowest BCUT2D eigenvalue weighted by Gasteiger charge is -2.11. The molecule has 112 valence electrons. The molecule has 0 spiro atoms. The Morgan fingerprint density at radius 1 is 1.15 bits per heavy atom. The predicted molar refractivity (Wildman–Crippen MR) is 76.0 cm³/mol. The third-order valence-electron chi connectivity index (χ3n) is 3.20. The van der Waals surface area contributed by atoms with Gasteiger partial charge in [-0.15, -0.1) is 0 Å². The molecule has 1 heterocycles. The second-order valence-corrected chi connectivity index (χ2v) is 4.98. The minimum Gasteiger partial charge on any atom is -0.477 e. The third kappa shape index (κ3) is 4.31. The summed E-state index contributed by atoms with van der Waals surface area (Å²) in [5.41, 5.74) is 6.72. The van der Waals surface area contributed by atoms with Crippen molar-refractivity contribution in [3.63, 3.8) is 0 Å². The van der Waals surface area contributed by atoms with E-state index in [4.69, 9.17) is 19.9 Å². The molecule has 0 unspecified atom stereocenters. The predicted octanol–water partition coefficient (Wildman–Crippen LogP) is 1.68. The average Bonchev–Trinajstić information content (AvgIpc) is 3.26. The van der Waals surface area contributed by atoms with Crippen LogP contribution in [0, 0.1) is 6.92 Å². The van der Waals surface area contributed by atoms with Gasteiger partial charge in [-0.05, 0) is 19.8 Å². The number of nitrogens with zero attached hydrogens (tertiary/aromatic N) is 2. The maximum absolute atomic E-state index is 5.90. The first kappa shape index (κ1) is 15.0. The Morgan fingerprint density at radius 2 is 1.95 bits per heavy atom. The molecule has 2 N–H and O–H groups in total. The van der Waals surface area contributed by atoms with Gasteiger partial charge in [-0.3, -0.25) is 0 Å². The van der Waals surface area contributed by atoms with Gasteiger partial charge in [0, 0.05) is 26.1 Å². The lowest BCUT2D eigenvalue weighted by molar-refractivity contribution is 0.0641. The summed E-state index contributed by atoms with van der Waals surface area (Å²) in [7, 11) is 1.66. The SMILES string of the molecule is COCCOCCCOc1nc(C2CC2)nc(N)c1C. The molecule has 0 radical (unpaired) electrons. The highest BCUT2D eigenvalue weighted by Gasteiger charge is 2.28. The summed E-state index contributed by atoms with van der Waals surface area (Å²) >= 11 is 0. The fourth-order valence-corrected chi connectivity index (χ4v) is 1.77. The Kier molecular flexibility index (Phi) is 5.55. The number of nitrogens with two attached hydrogens (primary N) is 1. The number of ether oxygens (including phenoxy) is 3. The van der Waals surface area contributed by atoms with Crippen molar-refractivity contribution in [1.29, 1.82) is 0 Å². The highest BCUT2D eigenvalue weighted by atomic mass is 16.5. The third-order valence-corrected chi connectivity index (χ3v) is 3.20. The molecule has 0 amide bonds. The van der Waals surface area contributed by atoms with Crippen LogP contribution >= 0.6 is 0 Å². The van der Waals surface area contributed by atoms with E-state index in [1.807, 2.05) is 6.92 Å². The van der Waals surface area contributed by atoms with Crippen LogP contribution in [0.4, 0.5) is 5.82 Å². The Hall–Kier alpha value is -1.40. The highest BCUT2D eigenvalue weighted by Crippen LogP contribution is 2.39. The van der Waals surface area contributed by atoms with Crippen LogP contribution in [0.5, 0.6) is 5.88 Å². The monoisotopic (exact) mass is 281 g/mol. The topological polar surface area (TPSA) is 79.5 Å². The molecule has 0 saturated heterocycles. The molecule has 0 aliphatic heterocycles. The molecule has 2 rings (SSSR count). The van der Waals surface area contributed by atoms with Crippen molar-refractivity contribution in [2.75, 3.05) is 39.3 Å². The Balaban J connectivity index is 1.77. The van der Waals surface area contributed by atoms with E-state index in [9.17, 15) is 0 Å². The first-order valence-electron chi connectivity index (χ1n) is 7.06. The van der Waals surface area contributed by atoms with Gasteiger partial charge in [-0.25, -0.2) is 4.98 Å². The highest BCUT2D eigenvalue weighted by molar-refractivity contribution is 5.45. The van der Waals surface area contributed by atoms with Crippen LogP contribution in [0.3, 0.4) is 0 Å². The molecule has 1 aliphatic rings. The molecule has 1 fully saturated rings. The number of hydrogen-bond donors (Lipinski definition) is 1. The lowest BCUT2D eigenvalue weighted by Crippen LogP contribution is -2.10.